The first-order chi connectivity index (χ1) is 13.0. The van der Waals surface area contributed by atoms with Crippen molar-refractivity contribution in [2.45, 2.75) is 72.6 Å². The minimum absolute atomic E-state index is 0.237. The van der Waals surface area contributed by atoms with Gasteiger partial charge in [-0.2, -0.15) is 5.26 Å². The number of nitriles is 1. The topological polar surface area (TPSA) is 78.2 Å². The van der Waals surface area contributed by atoms with E-state index in [2.05, 4.69) is 20.8 Å². The van der Waals surface area contributed by atoms with Crippen LogP contribution in [0.3, 0.4) is 0 Å². The molecule has 0 amide bonds. The van der Waals surface area contributed by atoms with Gasteiger partial charge in [-0.1, -0.05) is 30.3 Å². The zero-order valence-corrected chi connectivity index (χ0v) is 19.9. The van der Waals surface area contributed by atoms with Gasteiger partial charge >= 0.3 is 98.3 Å². The van der Waals surface area contributed by atoms with E-state index in [4.69, 9.17) is 10.4 Å². The zero-order valence-electron chi connectivity index (χ0n) is 17.0. The summed E-state index contributed by atoms with van der Waals surface area (Å²) in [6, 6.07) is 9.35. The molecule has 149 valence electrons. The number of carbonyl (C=O) groups excluding carboxylic acids is 1. The van der Waals surface area contributed by atoms with Gasteiger partial charge in [0.25, 0.3) is 0 Å². The van der Waals surface area contributed by atoms with Crippen LogP contribution in [-0.4, -0.2) is 36.6 Å². The Labute approximate surface area is 171 Å². The molecule has 1 atom stereocenters. The number of unbranched alkanes of at least 4 members (excludes halogenated alkanes) is 3. The van der Waals surface area contributed by atoms with E-state index in [1.165, 1.54) is 56.7 Å². The van der Waals surface area contributed by atoms with Crippen molar-refractivity contribution in [1.29, 1.82) is 5.26 Å². The summed E-state index contributed by atoms with van der Waals surface area (Å²) >= 11 is -0.839. The average molecular weight is 479 g/mol. The van der Waals surface area contributed by atoms with Gasteiger partial charge in [0.15, 0.2) is 5.78 Å². The Bertz CT molecular complexity index is 550. The molecule has 27 heavy (non-hydrogen) atoms. The molecular weight excluding hydrogens is 445 g/mol. The van der Waals surface area contributed by atoms with E-state index < -0.39 is 37.4 Å². The van der Waals surface area contributed by atoms with Crippen LogP contribution in [0.15, 0.2) is 30.3 Å². The normalized spacial score (nSPS) is 11.2. The van der Waals surface area contributed by atoms with Crippen molar-refractivity contribution >= 4 is 31.5 Å². The minimum Gasteiger partial charge on any atom is -0.480 e. The summed E-state index contributed by atoms with van der Waals surface area (Å²) in [7, 11) is 0. The predicted octanol–water partition coefficient (Wildman–Crippen LogP) is 5.98. The molecule has 0 fully saturated rings. The van der Waals surface area contributed by atoms with Gasteiger partial charge in [0, 0.05) is 5.56 Å². The molecule has 0 aliphatic rings. The second-order valence-corrected chi connectivity index (χ2v) is 15.3. The number of carbonyl (C=O) groups is 2. The molecule has 1 aromatic carbocycles. The Morgan fingerprint density at radius 1 is 0.963 bits per heavy atom. The summed E-state index contributed by atoms with van der Waals surface area (Å²) in [5.74, 6) is -3.71. The van der Waals surface area contributed by atoms with Crippen LogP contribution in [0, 0.1) is 17.2 Å². The van der Waals surface area contributed by atoms with Crippen LogP contribution in [0.1, 0.15) is 69.7 Å². The fraction of sp³-hybridized carbons (Fsp3) is 0.591. The smallest absolute Gasteiger partial charge is 0.329 e. The van der Waals surface area contributed by atoms with Crippen molar-refractivity contribution in [3.8, 4) is 6.07 Å². The van der Waals surface area contributed by atoms with E-state index in [9.17, 15) is 9.59 Å². The fourth-order valence-corrected chi connectivity index (χ4v) is 12.1. The molecule has 1 radical (unpaired) electrons. The van der Waals surface area contributed by atoms with Gasteiger partial charge < -0.3 is 5.11 Å². The van der Waals surface area contributed by atoms with E-state index in [1.807, 2.05) is 0 Å². The third-order valence-corrected chi connectivity index (χ3v) is 13.4. The number of carboxylic acids is 1. The van der Waals surface area contributed by atoms with Crippen LogP contribution in [-0.2, 0) is 4.79 Å². The number of nitrogens with zero attached hydrogens (tertiary/aromatic N) is 1. The Kier molecular flexibility index (Phi) is 16.0. The van der Waals surface area contributed by atoms with Crippen molar-refractivity contribution in [1.82, 2.24) is 0 Å². The van der Waals surface area contributed by atoms with E-state index >= 15 is 0 Å². The SMILES string of the molecule is CCC[CH2][Sn]([CH2]CCC)[CH2]CCC.N#CC(C(=O)O)C(=O)c1ccccc1. The molecule has 0 saturated heterocycles. The molecule has 5 heteroatoms. The maximum atomic E-state index is 11.4. The monoisotopic (exact) mass is 480 g/mol. The van der Waals surface area contributed by atoms with Gasteiger partial charge in [-0.05, 0) is 0 Å². The van der Waals surface area contributed by atoms with Crippen LogP contribution in [0.5, 0.6) is 0 Å². The molecule has 1 rings (SSSR count). The molecule has 0 aliphatic heterocycles. The number of hydrogen-bond donors (Lipinski definition) is 1. The van der Waals surface area contributed by atoms with Gasteiger partial charge in [-0.15, -0.1) is 0 Å². The Hall–Kier alpha value is -1.35. The maximum Gasteiger partial charge on any atom is 0.329 e. The molecule has 1 aromatic rings. The maximum absolute atomic E-state index is 11.4. The summed E-state index contributed by atoms with van der Waals surface area (Å²) in [6.45, 7) is 7.00. The standard InChI is InChI=1S/C10H7NO3.3C4H9.Sn/c11-6-8(10(13)14)9(12)7-4-2-1-3-5-7;3*1-3-4-2;/h1-5,8H,(H,13,14);3*1,3-4H2,2H3;. The summed E-state index contributed by atoms with van der Waals surface area (Å²) in [5.41, 5.74) is 0.237. The van der Waals surface area contributed by atoms with Gasteiger partial charge in [-0.3, -0.25) is 9.59 Å². The molecular formula is C22H34NO3Sn. The van der Waals surface area contributed by atoms with Crippen molar-refractivity contribution in [3.63, 3.8) is 0 Å². The van der Waals surface area contributed by atoms with Gasteiger partial charge in [0.05, 0.1) is 6.07 Å². The van der Waals surface area contributed by atoms with Crippen molar-refractivity contribution in [2.24, 2.45) is 5.92 Å². The molecule has 0 aliphatic carbocycles. The molecule has 0 bridgehead atoms. The van der Waals surface area contributed by atoms with Crippen LogP contribution in [0.2, 0.25) is 13.3 Å². The molecule has 1 N–H and O–H groups in total. The average Bonchev–Trinajstić information content (AvgIpc) is 2.68. The Morgan fingerprint density at radius 2 is 1.41 bits per heavy atom. The zero-order chi connectivity index (χ0) is 20.5. The van der Waals surface area contributed by atoms with Gasteiger partial charge in [0.2, 0.25) is 5.92 Å². The van der Waals surface area contributed by atoms with Crippen molar-refractivity contribution in [2.75, 3.05) is 0 Å². The molecule has 0 heterocycles. The third kappa shape index (κ3) is 11.9. The van der Waals surface area contributed by atoms with Crippen LogP contribution < -0.4 is 0 Å². The number of aliphatic carboxylic acids is 1. The summed E-state index contributed by atoms with van der Waals surface area (Å²) < 4.78 is 5.04. The number of benzene rings is 1. The fourth-order valence-electron chi connectivity index (χ4n) is 2.65. The molecule has 4 nitrogen and oxygen atoms in total. The predicted molar refractivity (Wildman–Crippen MR) is 112 cm³/mol. The second-order valence-electron chi connectivity index (χ2n) is 6.69. The van der Waals surface area contributed by atoms with Crippen LogP contribution in [0.25, 0.3) is 0 Å². The number of hydrogen-bond acceptors (Lipinski definition) is 3. The van der Waals surface area contributed by atoms with E-state index in [1.54, 1.807) is 31.5 Å². The van der Waals surface area contributed by atoms with Gasteiger partial charge in [0.1, 0.15) is 0 Å². The van der Waals surface area contributed by atoms with E-state index in [0.717, 1.165) is 0 Å². The number of Topliss-reactive ketones (excluding diaryl/α,β-unsaturated/α-hetero) is 1. The Balaban J connectivity index is 0.000000503. The first-order valence-electron chi connectivity index (χ1n) is 10.1. The van der Waals surface area contributed by atoms with Crippen LogP contribution in [0.4, 0.5) is 0 Å². The summed E-state index contributed by atoms with van der Waals surface area (Å²) in [4.78, 5) is 21.9. The quantitative estimate of drug-likeness (QED) is 0.228. The van der Waals surface area contributed by atoms with E-state index in [0.29, 0.717) is 0 Å². The largest absolute Gasteiger partial charge is 0.480 e. The third-order valence-electron chi connectivity index (χ3n) is 4.35. The second kappa shape index (κ2) is 16.8. The summed E-state index contributed by atoms with van der Waals surface area (Å²) in [5, 5.41) is 17.0. The summed E-state index contributed by atoms with van der Waals surface area (Å²) in [6.07, 6.45) is 8.85. The number of carboxylic acid groups (broad SMARTS) is 1. The molecule has 0 spiro atoms. The number of ketones is 1. The van der Waals surface area contributed by atoms with Crippen molar-refractivity contribution in [3.05, 3.63) is 35.9 Å². The first-order valence-corrected chi connectivity index (χ1v) is 16.1. The Morgan fingerprint density at radius 3 is 1.74 bits per heavy atom. The minimum atomic E-state index is -1.61. The molecule has 0 aromatic heterocycles. The van der Waals surface area contributed by atoms with Crippen LogP contribution >= 0.6 is 0 Å². The first kappa shape index (κ1) is 25.6. The molecule has 1 unspecified atom stereocenters. The van der Waals surface area contributed by atoms with E-state index in [-0.39, 0.29) is 5.56 Å². The van der Waals surface area contributed by atoms with Crippen molar-refractivity contribution < 1.29 is 14.7 Å². The molecule has 0 saturated carbocycles. The number of rotatable bonds is 12. The van der Waals surface area contributed by atoms with Gasteiger partial charge in [-0.25, -0.2) is 0 Å².